The number of carbonyl (C=O) groups is 1. The molecule has 3 rings (SSSR count). The van der Waals surface area contributed by atoms with Crippen LogP contribution in [0.15, 0.2) is 48.9 Å². The van der Waals surface area contributed by atoms with E-state index < -0.39 is 5.91 Å². The van der Waals surface area contributed by atoms with E-state index in [4.69, 9.17) is 11.1 Å². The summed E-state index contributed by atoms with van der Waals surface area (Å²) in [5.74, 6) is -0.0208. The van der Waals surface area contributed by atoms with E-state index in [2.05, 4.69) is 10.3 Å². The zero-order valence-electron chi connectivity index (χ0n) is 12.0. The summed E-state index contributed by atoms with van der Waals surface area (Å²) < 4.78 is 1.81. The summed E-state index contributed by atoms with van der Waals surface area (Å²) in [5.41, 5.74) is 6.45. The SMILES string of the molecule is Cc1cn(-c2nccc3ccccc23)cc1C(=O)NC(=N)N. The molecule has 0 saturated carbocycles. The van der Waals surface area contributed by atoms with E-state index >= 15 is 0 Å². The van der Waals surface area contributed by atoms with E-state index in [1.807, 2.05) is 48.0 Å². The Kier molecular flexibility index (Phi) is 3.34. The molecule has 6 nitrogen and oxygen atoms in total. The number of aromatic nitrogens is 2. The smallest absolute Gasteiger partial charge is 0.259 e. The van der Waals surface area contributed by atoms with Gasteiger partial charge in [0.2, 0.25) is 0 Å². The fourth-order valence-corrected chi connectivity index (χ4v) is 2.42. The fourth-order valence-electron chi connectivity index (χ4n) is 2.42. The molecular weight excluding hydrogens is 278 g/mol. The molecule has 0 spiro atoms. The third-order valence-corrected chi connectivity index (χ3v) is 3.42. The number of nitrogens with zero attached hydrogens (tertiary/aromatic N) is 2. The first-order valence-corrected chi connectivity index (χ1v) is 6.74. The second-order valence-electron chi connectivity index (χ2n) is 4.99. The van der Waals surface area contributed by atoms with E-state index in [1.54, 1.807) is 12.4 Å². The summed E-state index contributed by atoms with van der Waals surface area (Å²) in [6, 6.07) is 9.87. The number of nitrogens with one attached hydrogen (secondary N) is 2. The Labute approximate surface area is 127 Å². The highest BCUT2D eigenvalue weighted by Gasteiger charge is 2.14. The molecule has 6 heteroatoms. The van der Waals surface area contributed by atoms with Crippen molar-refractivity contribution in [1.82, 2.24) is 14.9 Å². The van der Waals surface area contributed by atoms with Gasteiger partial charge in [0.1, 0.15) is 5.82 Å². The minimum atomic E-state index is -0.399. The van der Waals surface area contributed by atoms with Crippen molar-refractivity contribution in [2.45, 2.75) is 6.92 Å². The molecule has 1 aromatic carbocycles. The Balaban J connectivity index is 2.09. The third-order valence-electron chi connectivity index (χ3n) is 3.42. The van der Waals surface area contributed by atoms with E-state index in [1.165, 1.54) is 0 Å². The Hall–Kier alpha value is -3.15. The molecule has 0 aliphatic heterocycles. The first-order chi connectivity index (χ1) is 10.6. The predicted octanol–water partition coefficient (Wildman–Crippen LogP) is 1.96. The second kappa shape index (κ2) is 5.33. The number of guanidine groups is 1. The zero-order valence-corrected chi connectivity index (χ0v) is 12.0. The summed E-state index contributed by atoms with van der Waals surface area (Å²) in [6.45, 7) is 1.83. The lowest BCUT2D eigenvalue weighted by Crippen LogP contribution is -2.35. The van der Waals surface area contributed by atoms with Crippen LogP contribution >= 0.6 is 0 Å². The van der Waals surface area contributed by atoms with Gasteiger partial charge in [0.05, 0.1) is 5.56 Å². The molecule has 0 bridgehead atoms. The lowest BCUT2D eigenvalue weighted by Gasteiger charge is -2.06. The Morgan fingerprint density at radius 1 is 1.27 bits per heavy atom. The average molecular weight is 293 g/mol. The highest BCUT2D eigenvalue weighted by Crippen LogP contribution is 2.22. The number of fused-ring (bicyclic) bond motifs is 1. The van der Waals surface area contributed by atoms with Crippen molar-refractivity contribution in [3.8, 4) is 5.82 Å². The van der Waals surface area contributed by atoms with Crippen LogP contribution in [0.2, 0.25) is 0 Å². The second-order valence-corrected chi connectivity index (χ2v) is 4.99. The van der Waals surface area contributed by atoms with Crippen LogP contribution in [0.25, 0.3) is 16.6 Å². The monoisotopic (exact) mass is 293 g/mol. The van der Waals surface area contributed by atoms with Crippen molar-refractivity contribution < 1.29 is 4.79 Å². The molecule has 0 fully saturated rings. The lowest BCUT2D eigenvalue weighted by atomic mass is 10.1. The maximum Gasteiger partial charge on any atom is 0.259 e. The van der Waals surface area contributed by atoms with Crippen molar-refractivity contribution in [3.05, 3.63) is 60.0 Å². The van der Waals surface area contributed by atoms with Crippen LogP contribution in [0.3, 0.4) is 0 Å². The number of hydrogen-bond acceptors (Lipinski definition) is 3. The van der Waals surface area contributed by atoms with E-state index in [0.29, 0.717) is 5.56 Å². The quantitative estimate of drug-likeness (QED) is 0.497. The first kappa shape index (κ1) is 13.8. The van der Waals surface area contributed by atoms with E-state index in [0.717, 1.165) is 22.2 Å². The molecule has 2 aromatic heterocycles. The molecule has 22 heavy (non-hydrogen) atoms. The van der Waals surface area contributed by atoms with Gasteiger partial charge in [-0.05, 0) is 23.9 Å². The number of hydrogen-bond donors (Lipinski definition) is 3. The van der Waals surface area contributed by atoms with Gasteiger partial charge in [-0.15, -0.1) is 0 Å². The highest BCUT2D eigenvalue weighted by atomic mass is 16.1. The molecular formula is C16H15N5O. The maximum atomic E-state index is 12.0. The van der Waals surface area contributed by atoms with Gasteiger partial charge >= 0.3 is 0 Å². The molecule has 2 heterocycles. The summed E-state index contributed by atoms with van der Waals surface area (Å²) >= 11 is 0. The van der Waals surface area contributed by atoms with Crippen LogP contribution in [0, 0.1) is 12.3 Å². The minimum Gasteiger partial charge on any atom is -0.370 e. The largest absolute Gasteiger partial charge is 0.370 e. The summed E-state index contributed by atoms with van der Waals surface area (Å²) in [7, 11) is 0. The summed E-state index contributed by atoms with van der Waals surface area (Å²) in [4.78, 5) is 16.4. The Morgan fingerprint density at radius 2 is 2.05 bits per heavy atom. The molecule has 0 radical (unpaired) electrons. The van der Waals surface area contributed by atoms with Crippen LogP contribution in [0.4, 0.5) is 0 Å². The molecule has 0 saturated heterocycles. The van der Waals surface area contributed by atoms with E-state index in [9.17, 15) is 4.79 Å². The highest BCUT2D eigenvalue weighted by molar-refractivity contribution is 6.05. The maximum absolute atomic E-state index is 12.0. The molecule has 4 N–H and O–H groups in total. The van der Waals surface area contributed by atoms with Crippen molar-refractivity contribution in [2.75, 3.05) is 0 Å². The molecule has 0 atom stereocenters. The van der Waals surface area contributed by atoms with Crippen LogP contribution in [0.5, 0.6) is 0 Å². The van der Waals surface area contributed by atoms with Gasteiger partial charge in [-0.3, -0.25) is 15.5 Å². The van der Waals surface area contributed by atoms with E-state index in [-0.39, 0.29) is 5.96 Å². The number of aryl methyl sites for hydroxylation is 1. The number of rotatable bonds is 2. The van der Waals surface area contributed by atoms with Gasteiger partial charge in [0.15, 0.2) is 5.96 Å². The number of pyridine rings is 1. The third kappa shape index (κ3) is 2.42. The molecule has 110 valence electrons. The Bertz CT molecular complexity index is 876. The average Bonchev–Trinajstić information content (AvgIpc) is 2.88. The van der Waals surface area contributed by atoms with Crippen LogP contribution in [0.1, 0.15) is 15.9 Å². The number of benzene rings is 1. The minimum absolute atomic E-state index is 0.375. The first-order valence-electron chi connectivity index (χ1n) is 6.74. The molecule has 0 unspecified atom stereocenters. The fraction of sp³-hybridized carbons (Fsp3) is 0.0625. The zero-order chi connectivity index (χ0) is 15.7. The lowest BCUT2D eigenvalue weighted by molar-refractivity contribution is 0.0976. The van der Waals surface area contributed by atoms with Gasteiger partial charge in [0, 0.05) is 24.0 Å². The number of nitrogens with two attached hydrogens (primary N) is 1. The summed E-state index contributed by atoms with van der Waals surface area (Å²) in [6.07, 6.45) is 5.27. The molecule has 1 amide bonds. The van der Waals surface area contributed by atoms with Crippen LogP contribution < -0.4 is 11.1 Å². The van der Waals surface area contributed by atoms with Crippen molar-refractivity contribution >= 4 is 22.6 Å². The van der Waals surface area contributed by atoms with Crippen molar-refractivity contribution in [2.24, 2.45) is 5.73 Å². The number of amides is 1. The van der Waals surface area contributed by atoms with Crippen LogP contribution in [-0.2, 0) is 0 Å². The Morgan fingerprint density at radius 3 is 2.82 bits per heavy atom. The summed E-state index contributed by atoms with van der Waals surface area (Å²) in [5, 5.41) is 11.5. The van der Waals surface area contributed by atoms with Gasteiger partial charge in [-0.1, -0.05) is 24.3 Å². The normalized spacial score (nSPS) is 10.6. The van der Waals surface area contributed by atoms with Gasteiger partial charge in [-0.2, -0.15) is 0 Å². The van der Waals surface area contributed by atoms with Crippen molar-refractivity contribution in [3.63, 3.8) is 0 Å². The standard InChI is InChI=1S/C16H15N5O/c1-10-8-21(9-13(10)15(22)20-16(17)18)14-12-5-3-2-4-11(12)6-7-19-14/h2-9H,1H3,(H4,17,18,20,22). The topological polar surface area (TPSA) is 96.8 Å². The van der Waals surface area contributed by atoms with Crippen LogP contribution in [-0.4, -0.2) is 21.4 Å². The molecule has 0 aliphatic rings. The van der Waals surface area contributed by atoms with Gasteiger partial charge in [0.25, 0.3) is 5.91 Å². The molecule has 3 aromatic rings. The van der Waals surface area contributed by atoms with Crippen molar-refractivity contribution in [1.29, 1.82) is 5.41 Å². The molecule has 0 aliphatic carbocycles. The van der Waals surface area contributed by atoms with Gasteiger partial charge < -0.3 is 10.3 Å². The number of carbonyl (C=O) groups excluding carboxylic acids is 1. The van der Waals surface area contributed by atoms with Gasteiger partial charge in [-0.25, -0.2) is 4.98 Å². The predicted molar refractivity (Wildman–Crippen MR) is 85.2 cm³/mol.